The average molecular weight is 238 g/mol. The zero-order valence-electron chi connectivity index (χ0n) is 9.16. The quantitative estimate of drug-likeness (QED) is 0.572. The summed E-state index contributed by atoms with van der Waals surface area (Å²) < 4.78 is 10.2. The van der Waals surface area contributed by atoms with E-state index in [0.717, 1.165) is 19.7 Å². The van der Waals surface area contributed by atoms with E-state index in [2.05, 4.69) is 5.32 Å². The van der Waals surface area contributed by atoms with Crippen LogP contribution in [0.2, 0.25) is 0 Å². The van der Waals surface area contributed by atoms with E-state index < -0.39 is 0 Å². The van der Waals surface area contributed by atoms with Crippen LogP contribution in [0.4, 0.5) is 0 Å². The molecule has 0 spiro atoms. The number of rotatable bonds is 5. The Morgan fingerprint density at radius 2 is 2.27 bits per heavy atom. The van der Waals surface area contributed by atoms with E-state index in [0.29, 0.717) is 19.1 Å². The fourth-order valence-electron chi connectivity index (χ4n) is 1.56. The first-order valence-corrected chi connectivity index (χ1v) is 5.21. The summed E-state index contributed by atoms with van der Waals surface area (Å²) >= 11 is 0. The first-order chi connectivity index (χ1) is 6.79. The highest BCUT2D eigenvalue weighted by atomic mass is 35.5. The standard InChI is InChI=1S/C10H19NO3.ClH/c1-9(12)14-6-5-13-8-10-3-2-4-11-7-10;/h10-11H,2-8H2,1H3;1H. The van der Waals surface area contributed by atoms with Crippen molar-refractivity contribution in [1.82, 2.24) is 5.32 Å². The highest BCUT2D eigenvalue weighted by Crippen LogP contribution is 2.09. The summed E-state index contributed by atoms with van der Waals surface area (Å²) in [6.45, 7) is 5.24. The minimum Gasteiger partial charge on any atom is -0.463 e. The van der Waals surface area contributed by atoms with Crippen LogP contribution in [0.3, 0.4) is 0 Å². The molecule has 1 rings (SSSR count). The lowest BCUT2D eigenvalue weighted by Gasteiger charge is -2.22. The Morgan fingerprint density at radius 3 is 2.87 bits per heavy atom. The maximum absolute atomic E-state index is 10.4. The normalized spacial score (nSPS) is 20.5. The maximum atomic E-state index is 10.4. The van der Waals surface area contributed by atoms with Crippen LogP contribution in [0.25, 0.3) is 0 Å². The van der Waals surface area contributed by atoms with Crippen molar-refractivity contribution in [2.75, 3.05) is 32.9 Å². The summed E-state index contributed by atoms with van der Waals surface area (Å²) in [6, 6.07) is 0. The average Bonchev–Trinajstić information content (AvgIpc) is 2.18. The van der Waals surface area contributed by atoms with E-state index in [1.165, 1.54) is 19.8 Å². The number of hydrogen-bond acceptors (Lipinski definition) is 4. The molecule has 0 aromatic carbocycles. The maximum Gasteiger partial charge on any atom is 0.302 e. The number of nitrogens with one attached hydrogen (secondary N) is 1. The predicted octanol–water partition coefficient (Wildman–Crippen LogP) is 0.987. The second-order valence-electron chi connectivity index (χ2n) is 3.63. The summed E-state index contributed by atoms with van der Waals surface area (Å²) in [4.78, 5) is 10.4. The molecule has 15 heavy (non-hydrogen) atoms. The molecule has 1 fully saturated rings. The second-order valence-corrected chi connectivity index (χ2v) is 3.63. The third-order valence-electron chi connectivity index (χ3n) is 2.29. The lowest BCUT2D eigenvalue weighted by atomic mass is 10.0. The molecular formula is C10H20ClNO3. The van der Waals surface area contributed by atoms with Crippen molar-refractivity contribution in [3.63, 3.8) is 0 Å². The van der Waals surface area contributed by atoms with Crippen molar-refractivity contribution in [2.45, 2.75) is 19.8 Å². The van der Waals surface area contributed by atoms with Crippen LogP contribution in [0.15, 0.2) is 0 Å². The second kappa shape index (κ2) is 8.95. The molecule has 90 valence electrons. The van der Waals surface area contributed by atoms with Gasteiger partial charge in [0.25, 0.3) is 0 Å². The molecule has 1 saturated heterocycles. The molecule has 1 atom stereocenters. The highest BCUT2D eigenvalue weighted by Gasteiger charge is 2.12. The summed E-state index contributed by atoms with van der Waals surface area (Å²) in [5.41, 5.74) is 0. The first kappa shape index (κ1) is 14.7. The molecule has 1 aliphatic heterocycles. The van der Waals surface area contributed by atoms with Gasteiger partial charge in [0.2, 0.25) is 0 Å². The van der Waals surface area contributed by atoms with Crippen molar-refractivity contribution in [2.24, 2.45) is 5.92 Å². The Bertz CT molecular complexity index is 172. The van der Waals surface area contributed by atoms with Gasteiger partial charge in [-0.1, -0.05) is 0 Å². The Hall–Kier alpha value is -0.320. The number of esters is 1. The summed E-state index contributed by atoms with van der Waals surface area (Å²) in [5, 5.41) is 3.33. The fraction of sp³-hybridized carbons (Fsp3) is 0.900. The minimum absolute atomic E-state index is 0. The first-order valence-electron chi connectivity index (χ1n) is 5.21. The predicted molar refractivity (Wildman–Crippen MR) is 60.3 cm³/mol. The van der Waals surface area contributed by atoms with Crippen LogP contribution >= 0.6 is 12.4 Å². The number of carbonyl (C=O) groups is 1. The van der Waals surface area contributed by atoms with E-state index in [1.54, 1.807) is 0 Å². The van der Waals surface area contributed by atoms with E-state index in [9.17, 15) is 4.79 Å². The van der Waals surface area contributed by atoms with Crippen LogP contribution in [0, 0.1) is 5.92 Å². The van der Waals surface area contributed by atoms with Gasteiger partial charge >= 0.3 is 5.97 Å². The van der Waals surface area contributed by atoms with Gasteiger partial charge in [-0.2, -0.15) is 0 Å². The molecule has 1 aliphatic rings. The topological polar surface area (TPSA) is 47.6 Å². The minimum atomic E-state index is -0.243. The third kappa shape index (κ3) is 7.59. The van der Waals surface area contributed by atoms with Crippen LogP contribution in [-0.2, 0) is 14.3 Å². The molecule has 0 aliphatic carbocycles. The molecule has 5 heteroatoms. The van der Waals surface area contributed by atoms with Gasteiger partial charge in [0.05, 0.1) is 13.2 Å². The van der Waals surface area contributed by atoms with Crippen LogP contribution in [-0.4, -0.2) is 38.9 Å². The van der Waals surface area contributed by atoms with Gasteiger partial charge in [-0.3, -0.25) is 4.79 Å². The molecule has 0 aromatic rings. The zero-order chi connectivity index (χ0) is 10.2. The number of halogens is 1. The highest BCUT2D eigenvalue weighted by molar-refractivity contribution is 5.85. The smallest absolute Gasteiger partial charge is 0.302 e. The van der Waals surface area contributed by atoms with Crippen molar-refractivity contribution < 1.29 is 14.3 Å². The SMILES string of the molecule is CC(=O)OCCOCC1CCCNC1.Cl. The van der Waals surface area contributed by atoms with E-state index >= 15 is 0 Å². The Labute approximate surface area is 97.1 Å². The molecule has 0 radical (unpaired) electrons. The van der Waals surface area contributed by atoms with E-state index in [-0.39, 0.29) is 18.4 Å². The summed E-state index contributed by atoms with van der Waals surface area (Å²) in [5.74, 6) is 0.383. The lowest BCUT2D eigenvalue weighted by Crippen LogP contribution is -2.32. The summed E-state index contributed by atoms with van der Waals surface area (Å²) in [6.07, 6.45) is 2.47. The van der Waals surface area contributed by atoms with Gasteiger partial charge in [0.15, 0.2) is 0 Å². The van der Waals surface area contributed by atoms with Crippen molar-refractivity contribution >= 4 is 18.4 Å². The third-order valence-corrected chi connectivity index (χ3v) is 2.29. The molecule has 1 N–H and O–H groups in total. The largest absolute Gasteiger partial charge is 0.463 e. The van der Waals surface area contributed by atoms with Crippen LogP contribution in [0.1, 0.15) is 19.8 Å². The fourth-order valence-corrected chi connectivity index (χ4v) is 1.56. The molecular weight excluding hydrogens is 218 g/mol. The van der Waals surface area contributed by atoms with Crippen molar-refractivity contribution in [3.05, 3.63) is 0 Å². The van der Waals surface area contributed by atoms with Crippen LogP contribution in [0.5, 0.6) is 0 Å². The number of hydrogen-bond donors (Lipinski definition) is 1. The molecule has 0 saturated carbocycles. The Morgan fingerprint density at radius 1 is 1.47 bits per heavy atom. The number of piperidine rings is 1. The number of ether oxygens (including phenoxy) is 2. The molecule has 4 nitrogen and oxygen atoms in total. The van der Waals surface area contributed by atoms with Crippen LogP contribution < -0.4 is 5.32 Å². The molecule has 0 aromatic heterocycles. The van der Waals surface area contributed by atoms with Crippen molar-refractivity contribution in [1.29, 1.82) is 0 Å². The van der Waals surface area contributed by atoms with Gasteiger partial charge in [-0.15, -0.1) is 12.4 Å². The van der Waals surface area contributed by atoms with Crippen molar-refractivity contribution in [3.8, 4) is 0 Å². The van der Waals surface area contributed by atoms with E-state index in [4.69, 9.17) is 9.47 Å². The van der Waals surface area contributed by atoms with Gasteiger partial charge in [-0.25, -0.2) is 0 Å². The number of carbonyl (C=O) groups excluding carboxylic acids is 1. The molecule has 1 unspecified atom stereocenters. The molecule has 0 amide bonds. The molecule has 1 heterocycles. The Balaban J connectivity index is 0.00000196. The monoisotopic (exact) mass is 237 g/mol. The van der Waals surface area contributed by atoms with Gasteiger partial charge < -0.3 is 14.8 Å². The zero-order valence-corrected chi connectivity index (χ0v) is 9.98. The Kier molecular flexibility index (Phi) is 8.76. The lowest BCUT2D eigenvalue weighted by molar-refractivity contribution is -0.142. The van der Waals surface area contributed by atoms with Gasteiger partial charge in [-0.05, 0) is 25.3 Å². The van der Waals surface area contributed by atoms with Gasteiger partial charge in [0, 0.05) is 13.5 Å². The molecule has 0 bridgehead atoms. The van der Waals surface area contributed by atoms with Gasteiger partial charge in [0.1, 0.15) is 6.61 Å². The van der Waals surface area contributed by atoms with E-state index in [1.807, 2.05) is 0 Å². The summed E-state index contributed by atoms with van der Waals surface area (Å²) in [7, 11) is 0.